The Morgan fingerprint density at radius 3 is 2.67 bits per heavy atom. The van der Waals surface area contributed by atoms with Crippen molar-refractivity contribution >= 4 is 27.6 Å². The highest BCUT2D eigenvalue weighted by molar-refractivity contribution is 7.90. The van der Waals surface area contributed by atoms with Gasteiger partial charge in [0.05, 0.1) is 17.9 Å². The van der Waals surface area contributed by atoms with E-state index in [2.05, 4.69) is 21.5 Å². The van der Waals surface area contributed by atoms with E-state index in [-0.39, 0.29) is 32.1 Å². The summed E-state index contributed by atoms with van der Waals surface area (Å²) in [7, 11) is -4.29. The van der Waals surface area contributed by atoms with Gasteiger partial charge in [-0.25, -0.2) is 19.1 Å². The third kappa shape index (κ3) is 5.60. The van der Waals surface area contributed by atoms with Crippen molar-refractivity contribution < 1.29 is 26.6 Å². The number of sulfonamides is 1. The van der Waals surface area contributed by atoms with Gasteiger partial charge in [0.25, 0.3) is 15.9 Å². The van der Waals surface area contributed by atoms with Gasteiger partial charge in [0, 0.05) is 28.0 Å². The number of aromatic nitrogens is 2. The normalized spacial score (nSPS) is 18.1. The molecule has 218 valence electrons. The van der Waals surface area contributed by atoms with E-state index in [1.165, 1.54) is 30.3 Å². The molecule has 2 aromatic heterocycles. The van der Waals surface area contributed by atoms with Crippen molar-refractivity contribution in [2.24, 2.45) is 11.8 Å². The molecule has 1 spiro atoms. The van der Waals surface area contributed by atoms with E-state index < -0.39 is 21.7 Å². The van der Waals surface area contributed by atoms with E-state index in [0.29, 0.717) is 41.9 Å². The Kier molecular flexibility index (Phi) is 7.43. The lowest BCUT2D eigenvalue weighted by Crippen LogP contribution is -2.50. The monoisotopic (exact) mass is 573 g/mol. The van der Waals surface area contributed by atoms with E-state index in [0.717, 1.165) is 25.7 Å². The zero-order valence-electron chi connectivity index (χ0n) is 22.9. The highest BCUT2D eigenvalue weighted by Crippen LogP contribution is 2.49. The Morgan fingerprint density at radius 1 is 1.23 bits per heavy atom. The number of hydrogen-bond acceptors (Lipinski definition) is 8. The summed E-state index contributed by atoms with van der Waals surface area (Å²) >= 11 is 0. The first-order valence-corrected chi connectivity index (χ1v) is 15.0. The van der Waals surface area contributed by atoms with Crippen LogP contribution in [-0.2, 0) is 10.0 Å². The second-order valence-electron chi connectivity index (χ2n) is 11.3. The molecule has 40 heavy (non-hydrogen) atoms. The second-order valence-corrected chi connectivity index (χ2v) is 12.9. The predicted octanol–water partition coefficient (Wildman–Crippen LogP) is 5.53. The lowest BCUT2D eigenvalue weighted by molar-refractivity contribution is 0.0981. The molecule has 11 heteroatoms. The standard InChI is InChI=1S/C29H34FN5O4S.3H2/c1-18(2)17-39-22-13-20(12-21(30)14-22)24-9-8-23(27(32-24)35-16-19(3)15-29(35)10-5-11-29)28(36)34-40(37,38)26-7-4-6-25(31)33-26;;;/h4,6-9,12-14,18-19H,5,10-11,15-17H2,1-3H3,(H2,31,33)(H,34,36);3*1H. The molecule has 3 heterocycles. The van der Waals surface area contributed by atoms with Crippen LogP contribution in [0.5, 0.6) is 5.75 Å². The number of benzene rings is 1. The number of rotatable bonds is 8. The molecule has 3 N–H and O–H groups in total. The fourth-order valence-electron chi connectivity index (χ4n) is 5.56. The first-order valence-electron chi connectivity index (χ1n) is 13.5. The smallest absolute Gasteiger partial charge is 0.281 e. The van der Waals surface area contributed by atoms with Gasteiger partial charge in [-0.3, -0.25) is 4.79 Å². The van der Waals surface area contributed by atoms with Crippen molar-refractivity contribution in [2.75, 3.05) is 23.8 Å². The molecule has 3 aromatic rings. The van der Waals surface area contributed by atoms with Crippen LogP contribution >= 0.6 is 0 Å². The number of nitrogens with one attached hydrogen (secondary N) is 1. The van der Waals surface area contributed by atoms with Crippen LogP contribution in [0.1, 0.15) is 61.1 Å². The molecule has 0 bridgehead atoms. The van der Waals surface area contributed by atoms with E-state index in [9.17, 15) is 17.6 Å². The molecule has 2 fully saturated rings. The molecule has 1 aliphatic heterocycles. The van der Waals surface area contributed by atoms with E-state index in [1.54, 1.807) is 18.2 Å². The summed E-state index contributed by atoms with van der Waals surface area (Å²) in [5.41, 5.74) is 6.58. The third-order valence-electron chi connectivity index (χ3n) is 7.45. The fraction of sp³-hybridized carbons (Fsp3) is 0.414. The minimum Gasteiger partial charge on any atom is -0.493 e. The number of amides is 1. The summed E-state index contributed by atoms with van der Waals surface area (Å²) in [4.78, 5) is 24.4. The van der Waals surface area contributed by atoms with E-state index in [4.69, 9.17) is 15.5 Å². The predicted molar refractivity (Wildman–Crippen MR) is 157 cm³/mol. The molecule has 0 radical (unpaired) electrons. The van der Waals surface area contributed by atoms with Gasteiger partial charge in [0.1, 0.15) is 23.2 Å². The number of ether oxygens (including phenoxy) is 1. The van der Waals surface area contributed by atoms with Crippen LogP contribution in [0, 0.1) is 17.7 Å². The molecular formula is C29H40FN5O4S. The molecule has 9 nitrogen and oxygen atoms in total. The maximum absolute atomic E-state index is 14.6. The number of nitrogen functional groups attached to an aromatic ring is 1. The quantitative estimate of drug-likeness (QED) is 0.360. The lowest BCUT2D eigenvalue weighted by Gasteiger charge is -2.47. The SMILES string of the molecule is CC(C)COc1cc(F)cc(-c2ccc(C(=O)NS(=O)(=O)c3cccc(N)n3)c(N3CC(C)CC34CCC4)n2)c1.[HH].[HH].[HH]. The minimum absolute atomic E-state index is 0. The lowest BCUT2D eigenvalue weighted by atomic mass is 9.73. The van der Waals surface area contributed by atoms with Crippen LogP contribution in [0.25, 0.3) is 11.3 Å². The van der Waals surface area contributed by atoms with Gasteiger partial charge in [-0.05, 0) is 73.9 Å². The number of nitrogens with zero attached hydrogens (tertiary/aromatic N) is 3. The largest absolute Gasteiger partial charge is 0.493 e. The van der Waals surface area contributed by atoms with Crippen LogP contribution in [0.3, 0.4) is 0 Å². The molecular weight excluding hydrogens is 533 g/mol. The molecule has 1 amide bonds. The van der Waals surface area contributed by atoms with Crippen molar-refractivity contribution in [2.45, 2.75) is 57.0 Å². The average Bonchev–Trinajstić information content (AvgIpc) is 3.24. The van der Waals surface area contributed by atoms with Crippen LogP contribution < -0.4 is 20.1 Å². The van der Waals surface area contributed by atoms with Gasteiger partial charge in [0.2, 0.25) is 0 Å². The Morgan fingerprint density at radius 2 is 2.00 bits per heavy atom. The van der Waals surface area contributed by atoms with Crippen molar-refractivity contribution in [3.8, 4) is 17.0 Å². The van der Waals surface area contributed by atoms with E-state index >= 15 is 0 Å². The van der Waals surface area contributed by atoms with Gasteiger partial charge in [-0.2, -0.15) is 8.42 Å². The molecule has 1 atom stereocenters. The number of halogens is 1. The highest BCUT2D eigenvalue weighted by Gasteiger charge is 2.49. The third-order valence-corrected chi connectivity index (χ3v) is 8.68. The number of nitrogens with two attached hydrogens (primary N) is 1. The van der Waals surface area contributed by atoms with Crippen LogP contribution in [0.4, 0.5) is 16.0 Å². The van der Waals surface area contributed by atoms with E-state index in [1.807, 2.05) is 13.8 Å². The first-order chi connectivity index (χ1) is 19.0. The molecule has 1 aromatic carbocycles. The van der Waals surface area contributed by atoms with Gasteiger partial charge in [0.15, 0.2) is 5.03 Å². The highest BCUT2D eigenvalue weighted by atomic mass is 32.2. The summed E-state index contributed by atoms with van der Waals surface area (Å²) in [6.07, 6.45) is 3.95. The number of carbonyl (C=O) groups excluding carboxylic acids is 1. The molecule has 5 rings (SSSR count). The average molecular weight is 574 g/mol. The maximum atomic E-state index is 14.6. The van der Waals surface area contributed by atoms with Crippen molar-refractivity contribution in [3.63, 3.8) is 0 Å². The zero-order chi connectivity index (χ0) is 28.7. The molecule has 1 aliphatic carbocycles. The minimum atomic E-state index is -4.29. The molecule has 1 unspecified atom stereocenters. The Hall–Kier alpha value is -3.73. The molecule has 1 saturated heterocycles. The molecule has 1 saturated carbocycles. The summed E-state index contributed by atoms with van der Waals surface area (Å²) in [5.74, 6) is 0.131. The zero-order valence-corrected chi connectivity index (χ0v) is 23.7. The number of anilines is 2. The second kappa shape index (κ2) is 10.7. The van der Waals surface area contributed by atoms with Crippen LogP contribution in [-0.4, -0.2) is 43.0 Å². The Balaban J connectivity index is 0.00000215. The van der Waals surface area contributed by atoms with Crippen LogP contribution in [0.2, 0.25) is 0 Å². The number of carbonyl (C=O) groups is 1. The van der Waals surface area contributed by atoms with Gasteiger partial charge in [-0.1, -0.05) is 26.8 Å². The van der Waals surface area contributed by atoms with Crippen LogP contribution in [0.15, 0.2) is 53.6 Å². The summed E-state index contributed by atoms with van der Waals surface area (Å²) in [6.45, 7) is 7.28. The maximum Gasteiger partial charge on any atom is 0.281 e. The number of pyridine rings is 2. The fourth-order valence-corrected chi connectivity index (χ4v) is 6.50. The Bertz CT molecular complexity index is 1560. The van der Waals surface area contributed by atoms with Crippen molar-refractivity contribution in [1.82, 2.24) is 14.7 Å². The summed E-state index contributed by atoms with van der Waals surface area (Å²) < 4.78 is 48.4. The van der Waals surface area contributed by atoms with Crippen molar-refractivity contribution in [1.29, 1.82) is 0 Å². The van der Waals surface area contributed by atoms with Gasteiger partial charge < -0.3 is 15.4 Å². The molecule has 2 aliphatic rings. The van der Waals surface area contributed by atoms with Gasteiger partial charge in [-0.15, -0.1) is 0 Å². The Labute approximate surface area is 238 Å². The van der Waals surface area contributed by atoms with Gasteiger partial charge >= 0.3 is 0 Å². The topological polar surface area (TPSA) is 128 Å². The summed E-state index contributed by atoms with van der Waals surface area (Å²) in [6, 6.07) is 11.7. The number of hydrogen-bond donors (Lipinski definition) is 2. The summed E-state index contributed by atoms with van der Waals surface area (Å²) in [5, 5.41) is -0.356. The van der Waals surface area contributed by atoms with Crippen molar-refractivity contribution in [3.05, 3.63) is 59.9 Å². The first kappa shape index (κ1) is 27.8.